The summed E-state index contributed by atoms with van der Waals surface area (Å²) in [5, 5.41) is 0. The van der Waals surface area contributed by atoms with Crippen LogP contribution in [-0.2, 0) is 26.1 Å². The first-order chi connectivity index (χ1) is 11.4. The second-order valence-corrected chi connectivity index (χ2v) is 8.96. The van der Waals surface area contributed by atoms with Crippen LogP contribution in [0.2, 0.25) is 0 Å². The summed E-state index contributed by atoms with van der Waals surface area (Å²) in [6.45, 7) is 4.67. The van der Waals surface area contributed by atoms with Gasteiger partial charge in [-0.05, 0) is 38.3 Å². The molecule has 0 bridgehead atoms. The van der Waals surface area contributed by atoms with E-state index in [0.717, 1.165) is 37.3 Å². The number of nitrogens with zero attached hydrogens (tertiary/aromatic N) is 2. The van der Waals surface area contributed by atoms with Gasteiger partial charge in [-0.3, -0.25) is 4.98 Å². The van der Waals surface area contributed by atoms with Gasteiger partial charge in [-0.15, -0.1) is 0 Å². The Balaban J connectivity index is 1.69. The van der Waals surface area contributed by atoms with Gasteiger partial charge in [0.2, 0.25) is 10.0 Å². The Hall–Kier alpha value is -1.02. The molecule has 2 atom stereocenters. The Bertz CT molecular complexity index is 679. The lowest BCUT2D eigenvalue weighted by Crippen LogP contribution is -2.57. The zero-order valence-corrected chi connectivity index (χ0v) is 15.2. The number of sulfonamides is 1. The minimum absolute atomic E-state index is 0.0784. The van der Waals surface area contributed by atoms with Crippen LogP contribution in [0.4, 0.5) is 0 Å². The van der Waals surface area contributed by atoms with Crippen molar-refractivity contribution in [2.24, 2.45) is 5.41 Å². The molecule has 2 fully saturated rings. The molecule has 24 heavy (non-hydrogen) atoms. The number of pyridine rings is 1. The fourth-order valence-electron chi connectivity index (χ4n) is 3.78. The summed E-state index contributed by atoms with van der Waals surface area (Å²) in [5.74, 6) is 0. The van der Waals surface area contributed by atoms with Gasteiger partial charge in [0.05, 0.1) is 31.3 Å². The number of hydrogen-bond donors (Lipinski definition) is 0. The molecule has 0 aromatic carbocycles. The summed E-state index contributed by atoms with van der Waals surface area (Å²) in [7, 11) is -3.19. The molecular formula is C17H26N2O4S. The van der Waals surface area contributed by atoms with Crippen molar-refractivity contribution in [3.05, 3.63) is 29.6 Å². The molecule has 3 rings (SSSR count). The van der Waals surface area contributed by atoms with Gasteiger partial charge in [-0.2, -0.15) is 0 Å². The Labute approximate surface area is 144 Å². The van der Waals surface area contributed by atoms with Crippen LogP contribution in [0.3, 0.4) is 0 Å². The predicted octanol–water partition coefficient (Wildman–Crippen LogP) is 1.74. The van der Waals surface area contributed by atoms with Crippen molar-refractivity contribution in [2.75, 3.05) is 32.6 Å². The van der Waals surface area contributed by atoms with Gasteiger partial charge in [0.1, 0.15) is 0 Å². The van der Waals surface area contributed by atoms with Crippen LogP contribution in [0.1, 0.15) is 30.7 Å². The Morgan fingerprint density at radius 2 is 2.29 bits per heavy atom. The fourth-order valence-corrected chi connectivity index (χ4v) is 4.71. The SMILES string of the molecule is Cc1cccc(COC[C@@]23CCCO[C@H]2CCN(S(C)(=O)=O)C3)n1. The number of rotatable bonds is 5. The second kappa shape index (κ2) is 7.07. The van der Waals surface area contributed by atoms with E-state index in [-0.39, 0.29) is 11.5 Å². The van der Waals surface area contributed by atoms with Crippen molar-refractivity contribution < 1.29 is 17.9 Å². The molecule has 0 radical (unpaired) electrons. The molecular weight excluding hydrogens is 328 g/mol. The van der Waals surface area contributed by atoms with E-state index in [4.69, 9.17) is 9.47 Å². The van der Waals surface area contributed by atoms with Crippen molar-refractivity contribution in [3.63, 3.8) is 0 Å². The van der Waals surface area contributed by atoms with E-state index in [9.17, 15) is 8.42 Å². The minimum atomic E-state index is -3.19. The lowest BCUT2D eigenvalue weighted by Gasteiger charge is -2.49. The maximum Gasteiger partial charge on any atom is 0.211 e. The van der Waals surface area contributed by atoms with E-state index in [2.05, 4.69) is 4.98 Å². The highest BCUT2D eigenvalue weighted by Gasteiger charge is 2.47. The number of ether oxygens (including phenoxy) is 2. The molecule has 1 aromatic rings. The third kappa shape index (κ3) is 3.96. The molecule has 0 amide bonds. The van der Waals surface area contributed by atoms with Crippen molar-refractivity contribution in [1.29, 1.82) is 0 Å². The average molecular weight is 354 g/mol. The van der Waals surface area contributed by atoms with E-state index < -0.39 is 10.0 Å². The fraction of sp³-hybridized carbons (Fsp3) is 0.706. The molecule has 7 heteroatoms. The number of aryl methyl sites for hydroxylation is 1. The van der Waals surface area contributed by atoms with Crippen LogP contribution in [0.15, 0.2) is 18.2 Å². The molecule has 6 nitrogen and oxygen atoms in total. The Morgan fingerprint density at radius 3 is 3.04 bits per heavy atom. The van der Waals surface area contributed by atoms with Gasteiger partial charge in [-0.25, -0.2) is 12.7 Å². The smallest absolute Gasteiger partial charge is 0.211 e. The van der Waals surface area contributed by atoms with Crippen LogP contribution in [0.5, 0.6) is 0 Å². The van der Waals surface area contributed by atoms with E-state index in [1.807, 2.05) is 25.1 Å². The number of hydrogen-bond acceptors (Lipinski definition) is 5. The lowest BCUT2D eigenvalue weighted by atomic mass is 9.73. The van der Waals surface area contributed by atoms with Crippen LogP contribution in [0, 0.1) is 12.3 Å². The standard InChI is InChI=1S/C17H26N2O4S/c1-14-5-3-6-15(18-14)11-22-13-17-8-4-10-23-16(17)7-9-19(12-17)24(2,20)21/h3,5-6,16H,4,7-13H2,1-2H3/t16-,17-/m0/s1. The molecule has 3 heterocycles. The normalized spacial score (nSPS) is 28.5. The topological polar surface area (TPSA) is 68.7 Å². The molecule has 2 aliphatic rings. The highest BCUT2D eigenvalue weighted by molar-refractivity contribution is 7.88. The largest absolute Gasteiger partial charge is 0.377 e. The maximum atomic E-state index is 12.0. The Morgan fingerprint density at radius 1 is 1.46 bits per heavy atom. The lowest BCUT2D eigenvalue weighted by molar-refractivity contribution is -0.144. The third-order valence-corrected chi connectivity index (χ3v) is 6.26. The first-order valence-electron chi connectivity index (χ1n) is 8.46. The summed E-state index contributed by atoms with van der Waals surface area (Å²) in [4.78, 5) is 4.45. The molecule has 0 spiro atoms. The van der Waals surface area contributed by atoms with Crippen LogP contribution >= 0.6 is 0 Å². The highest BCUT2D eigenvalue weighted by atomic mass is 32.2. The predicted molar refractivity (Wildman–Crippen MR) is 91.1 cm³/mol. The molecule has 134 valence electrons. The van der Waals surface area contributed by atoms with Crippen LogP contribution < -0.4 is 0 Å². The zero-order chi connectivity index (χ0) is 17.2. The van der Waals surface area contributed by atoms with E-state index in [1.54, 1.807) is 4.31 Å². The van der Waals surface area contributed by atoms with Crippen molar-refractivity contribution in [3.8, 4) is 0 Å². The van der Waals surface area contributed by atoms with Gasteiger partial charge in [0.15, 0.2) is 0 Å². The molecule has 0 unspecified atom stereocenters. The summed E-state index contributed by atoms with van der Waals surface area (Å²) >= 11 is 0. The Kier molecular flexibility index (Phi) is 5.24. The summed E-state index contributed by atoms with van der Waals surface area (Å²) in [6, 6.07) is 5.87. The minimum Gasteiger partial charge on any atom is -0.377 e. The van der Waals surface area contributed by atoms with Crippen molar-refractivity contribution in [2.45, 2.75) is 38.9 Å². The zero-order valence-electron chi connectivity index (χ0n) is 14.4. The molecule has 0 aliphatic carbocycles. The number of piperidine rings is 1. The molecule has 1 aromatic heterocycles. The monoisotopic (exact) mass is 354 g/mol. The molecule has 0 N–H and O–H groups in total. The first kappa shape index (κ1) is 17.8. The van der Waals surface area contributed by atoms with Crippen molar-refractivity contribution >= 4 is 10.0 Å². The van der Waals surface area contributed by atoms with E-state index in [0.29, 0.717) is 26.3 Å². The van der Waals surface area contributed by atoms with Gasteiger partial charge >= 0.3 is 0 Å². The van der Waals surface area contributed by atoms with E-state index in [1.165, 1.54) is 6.26 Å². The molecule has 2 saturated heterocycles. The maximum absolute atomic E-state index is 12.0. The van der Waals surface area contributed by atoms with Crippen molar-refractivity contribution in [1.82, 2.24) is 9.29 Å². The highest BCUT2D eigenvalue weighted by Crippen LogP contribution is 2.41. The first-order valence-corrected chi connectivity index (χ1v) is 10.3. The summed E-state index contributed by atoms with van der Waals surface area (Å²) in [5.41, 5.74) is 1.62. The molecule has 2 aliphatic heterocycles. The van der Waals surface area contributed by atoms with Gasteiger partial charge in [0.25, 0.3) is 0 Å². The van der Waals surface area contributed by atoms with Crippen LogP contribution in [0.25, 0.3) is 0 Å². The van der Waals surface area contributed by atoms with Gasteiger partial charge in [0, 0.05) is 30.8 Å². The summed E-state index contributed by atoms with van der Waals surface area (Å²) < 4.78 is 37.4. The van der Waals surface area contributed by atoms with E-state index >= 15 is 0 Å². The molecule has 0 saturated carbocycles. The summed E-state index contributed by atoms with van der Waals surface area (Å²) in [6.07, 6.45) is 3.97. The van der Waals surface area contributed by atoms with Crippen LogP contribution in [-0.4, -0.2) is 56.4 Å². The average Bonchev–Trinajstić information content (AvgIpc) is 2.53. The van der Waals surface area contributed by atoms with Gasteiger partial charge in [-0.1, -0.05) is 6.07 Å². The number of fused-ring (bicyclic) bond motifs is 1. The van der Waals surface area contributed by atoms with Gasteiger partial charge < -0.3 is 9.47 Å². The second-order valence-electron chi connectivity index (χ2n) is 6.97. The number of aromatic nitrogens is 1. The quantitative estimate of drug-likeness (QED) is 0.806. The third-order valence-electron chi connectivity index (χ3n) is 5.01.